The largest absolute Gasteiger partial charge is 0.497 e. The second-order valence-corrected chi connectivity index (χ2v) is 7.17. The van der Waals surface area contributed by atoms with E-state index in [1.54, 1.807) is 61.7 Å². The summed E-state index contributed by atoms with van der Waals surface area (Å²) in [5, 5.41) is 9.60. The number of hydrogen-bond acceptors (Lipinski definition) is 6. The number of benzene rings is 3. The quantitative estimate of drug-likeness (QED) is 0.482. The van der Waals surface area contributed by atoms with Gasteiger partial charge in [0.2, 0.25) is 5.88 Å². The fourth-order valence-electron chi connectivity index (χ4n) is 3.57. The van der Waals surface area contributed by atoms with Crippen LogP contribution in [0.5, 0.6) is 17.2 Å². The molecule has 1 aliphatic heterocycles. The lowest BCUT2D eigenvalue weighted by molar-refractivity contribution is -0.133. The van der Waals surface area contributed by atoms with Gasteiger partial charge in [-0.15, -0.1) is 0 Å². The number of ether oxygens (including phenoxy) is 3. The van der Waals surface area contributed by atoms with E-state index in [-0.39, 0.29) is 29.4 Å². The van der Waals surface area contributed by atoms with Gasteiger partial charge >= 0.3 is 5.97 Å². The van der Waals surface area contributed by atoms with Gasteiger partial charge in [-0.1, -0.05) is 30.3 Å². The lowest BCUT2D eigenvalue weighted by Gasteiger charge is -2.26. The van der Waals surface area contributed by atoms with Gasteiger partial charge < -0.3 is 19.9 Å². The summed E-state index contributed by atoms with van der Waals surface area (Å²) in [5.41, 5.74) is 8.35. The summed E-state index contributed by atoms with van der Waals surface area (Å²) >= 11 is 0. The molecule has 3 aromatic carbocycles. The molecule has 0 aromatic heterocycles. The molecular weight excluding hydrogens is 411 g/mol. The van der Waals surface area contributed by atoms with Crippen LogP contribution in [0.1, 0.15) is 22.6 Å². The second-order valence-electron chi connectivity index (χ2n) is 7.17. The third kappa shape index (κ3) is 4.25. The summed E-state index contributed by atoms with van der Waals surface area (Å²) < 4.78 is 29.6. The van der Waals surface area contributed by atoms with E-state index in [1.807, 2.05) is 0 Å². The Bertz CT molecular complexity index is 1230. The number of nitrogens with two attached hydrogens (primary N) is 1. The fraction of sp³-hybridized carbons (Fsp3) is 0.120. The van der Waals surface area contributed by atoms with Crippen LogP contribution < -0.4 is 19.9 Å². The first-order chi connectivity index (χ1) is 15.5. The lowest BCUT2D eigenvalue weighted by atomic mass is 9.83. The molecular formula is C25H19FN2O4. The average Bonchev–Trinajstić information content (AvgIpc) is 2.79. The van der Waals surface area contributed by atoms with Crippen molar-refractivity contribution in [1.29, 1.82) is 5.26 Å². The van der Waals surface area contributed by atoms with Crippen LogP contribution in [0.15, 0.2) is 78.2 Å². The Morgan fingerprint density at radius 2 is 1.78 bits per heavy atom. The Labute approximate surface area is 184 Å². The summed E-state index contributed by atoms with van der Waals surface area (Å²) in [6.07, 6.45) is 0.0841. The predicted molar refractivity (Wildman–Crippen MR) is 114 cm³/mol. The van der Waals surface area contributed by atoms with Gasteiger partial charge in [-0.05, 0) is 41.5 Å². The molecule has 0 radical (unpaired) electrons. The third-order valence-electron chi connectivity index (χ3n) is 5.13. The van der Waals surface area contributed by atoms with Crippen LogP contribution >= 0.6 is 0 Å². The molecule has 7 heteroatoms. The van der Waals surface area contributed by atoms with Crippen molar-refractivity contribution < 1.29 is 23.4 Å². The highest BCUT2D eigenvalue weighted by atomic mass is 19.1. The van der Waals surface area contributed by atoms with Gasteiger partial charge in [-0.3, -0.25) is 4.79 Å². The predicted octanol–water partition coefficient (Wildman–Crippen LogP) is 4.20. The van der Waals surface area contributed by atoms with Crippen molar-refractivity contribution in [3.8, 4) is 23.3 Å². The first-order valence-electron chi connectivity index (χ1n) is 9.79. The van der Waals surface area contributed by atoms with Crippen molar-refractivity contribution in [3.05, 3.63) is 101 Å². The van der Waals surface area contributed by atoms with Crippen molar-refractivity contribution >= 4 is 5.97 Å². The zero-order valence-corrected chi connectivity index (χ0v) is 17.2. The molecule has 4 rings (SSSR count). The van der Waals surface area contributed by atoms with E-state index in [4.69, 9.17) is 19.9 Å². The summed E-state index contributed by atoms with van der Waals surface area (Å²) in [4.78, 5) is 12.4. The van der Waals surface area contributed by atoms with Crippen molar-refractivity contribution in [2.45, 2.75) is 12.3 Å². The highest BCUT2D eigenvalue weighted by Crippen LogP contribution is 2.43. The zero-order valence-electron chi connectivity index (χ0n) is 17.2. The Morgan fingerprint density at radius 3 is 2.44 bits per heavy atom. The number of methoxy groups -OCH3 is 1. The summed E-state index contributed by atoms with van der Waals surface area (Å²) in [6, 6.07) is 19.9. The van der Waals surface area contributed by atoms with E-state index in [1.165, 1.54) is 12.1 Å². The molecule has 1 atom stereocenters. The molecule has 0 aliphatic carbocycles. The maximum absolute atomic E-state index is 13.4. The van der Waals surface area contributed by atoms with Gasteiger partial charge in [-0.25, -0.2) is 4.39 Å². The third-order valence-corrected chi connectivity index (χ3v) is 5.13. The topological polar surface area (TPSA) is 94.6 Å². The minimum Gasteiger partial charge on any atom is -0.497 e. The van der Waals surface area contributed by atoms with Gasteiger partial charge in [0.15, 0.2) is 0 Å². The van der Waals surface area contributed by atoms with Crippen molar-refractivity contribution in [1.82, 2.24) is 0 Å². The number of esters is 1. The first kappa shape index (κ1) is 20.9. The summed E-state index contributed by atoms with van der Waals surface area (Å²) in [6.45, 7) is 0. The van der Waals surface area contributed by atoms with Gasteiger partial charge in [0.25, 0.3) is 0 Å². The lowest BCUT2D eigenvalue weighted by Crippen LogP contribution is -2.21. The van der Waals surface area contributed by atoms with E-state index in [2.05, 4.69) is 6.07 Å². The Kier molecular flexibility index (Phi) is 5.77. The minimum atomic E-state index is -0.520. The van der Waals surface area contributed by atoms with E-state index in [0.29, 0.717) is 22.6 Å². The fourth-order valence-corrected chi connectivity index (χ4v) is 3.57. The Hall–Kier alpha value is -4.31. The van der Waals surface area contributed by atoms with Crippen LogP contribution in [0.3, 0.4) is 0 Å². The maximum atomic E-state index is 13.4. The average molecular weight is 430 g/mol. The molecule has 1 unspecified atom stereocenters. The Morgan fingerprint density at radius 1 is 1.09 bits per heavy atom. The molecule has 0 amide bonds. The van der Waals surface area contributed by atoms with Crippen LogP contribution in [0, 0.1) is 17.1 Å². The van der Waals surface area contributed by atoms with Crippen LogP contribution in [0.25, 0.3) is 0 Å². The van der Waals surface area contributed by atoms with Gasteiger partial charge in [-0.2, -0.15) is 5.26 Å². The molecule has 0 spiro atoms. The van der Waals surface area contributed by atoms with Crippen LogP contribution in [-0.2, 0) is 11.2 Å². The summed E-state index contributed by atoms with van der Waals surface area (Å²) in [5.74, 6) is -0.0340. The number of carbonyl (C=O) groups is 1. The van der Waals surface area contributed by atoms with Crippen LogP contribution in [0.4, 0.5) is 4.39 Å². The van der Waals surface area contributed by atoms with Crippen molar-refractivity contribution in [2.24, 2.45) is 5.73 Å². The normalized spacial score (nSPS) is 14.7. The number of carbonyl (C=O) groups excluding carboxylic acids is 1. The molecule has 1 aliphatic rings. The van der Waals surface area contributed by atoms with Gasteiger partial charge in [0.1, 0.15) is 34.7 Å². The van der Waals surface area contributed by atoms with Crippen molar-refractivity contribution in [3.63, 3.8) is 0 Å². The SMILES string of the molecule is COc1ccc(CC(=O)Oc2ccc3c(c2)OC(N)=C(C#N)C3c2ccc(F)cc2)cc1. The highest BCUT2D eigenvalue weighted by Gasteiger charge is 2.31. The molecule has 1 heterocycles. The number of hydrogen-bond donors (Lipinski definition) is 1. The minimum absolute atomic E-state index is 0.0453. The molecule has 160 valence electrons. The molecule has 0 bridgehead atoms. The van der Waals surface area contributed by atoms with Gasteiger partial charge in [0, 0.05) is 11.6 Å². The monoisotopic (exact) mass is 430 g/mol. The van der Waals surface area contributed by atoms with E-state index in [9.17, 15) is 14.4 Å². The molecule has 0 fully saturated rings. The molecule has 3 aromatic rings. The molecule has 6 nitrogen and oxygen atoms in total. The van der Waals surface area contributed by atoms with E-state index in [0.717, 1.165) is 5.56 Å². The number of halogens is 1. The van der Waals surface area contributed by atoms with Gasteiger partial charge in [0.05, 0.1) is 19.4 Å². The van der Waals surface area contributed by atoms with E-state index < -0.39 is 11.9 Å². The molecule has 0 saturated heterocycles. The first-order valence-corrected chi connectivity index (χ1v) is 9.79. The van der Waals surface area contributed by atoms with E-state index >= 15 is 0 Å². The standard InChI is InChI=1S/C25H19FN2O4/c1-30-18-8-2-15(3-9-18)12-23(29)31-19-10-11-20-22(13-19)32-25(28)21(14-27)24(20)16-4-6-17(26)7-5-16/h2-11,13,24H,12,28H2,1H3. The smallest absolute Gasteiger partial charge is 0.315 e. The summed E-state index contributed by atoms with van der Waals surface area (Å²) in [7, 11) is 1.57. The van der Waals surface area contributed by atoms with Crippen LogP contribution in [0.2, 0.25) is 0 Å². The number of allylic oxidation sites excluding steroid dienone is 1. The van der Waals surface area contributed by atoms with Crippen LogP contribution in [-0.4, -0.2) is 13.1 Å². The Balaban J connectivity index is 1.57. The number of fused-ring (bicyclic) bond motifs is 1. The second kappa shape index (κ2) is 8.82. The maximum Gasteiger partial charge on any atom is 0.315 e. The molecule has 32 heavy (non-hydrogen) atoms. The molecule has 2 N–H and O–H groups in total. The number of nitriles is 1. The molecule has 0 saturated carbocycles. The van der Waals surface area contributed by atoms with Crippen molar-refractivity contribution in [2.75, 3.05) is 7.11 Å². The number of nitrogens with zero attached hydrogens (tertiary/aromatic N) is 1. The number of rotatable bonds is 5. The highest BCUT2D eigenvalue weighted by molar-refractivity contribution is 5.75. The zero-order chi connectivity index (χ0) is 22.7.